The largest absolute Gasteiger partial charge is 0.310 e. The topological polar surface area (TPSA) is 38.4 Å². The third kappa shape index (κ3) is 4.25. The van der Waals surface area contributed by atoms with Crippen molar-refractivity contribution in [3.63, 3.8) is 0 Å². The zero-order valence-corrected chi connectivity index (χ0v) is 31.0. The van der Waals surface area contributed by atoms with Crippen molar-refractivity contribution in [2.75, 3.05) is 4.90 Å². The normalized spacial score (nSPS) is 13.3. The third-order valence-corrected chi connectivity index (χ3v) is 12.1. The van der Waals surface area contributed by atoms with Gasteiger partial charge in [-0.25, -0.2) is 9.97 Å². The summed E-state index contributed by atoms with van der Waals surface area (Å²) in [5.74, 6) is 0.816. The standard InChI is InChI=1S/C51H35N5/c1-51(2)41-20-10-8-18-37(41)38-27-25-35(31-42(38)51)54(33-15-4-3-5-16-33)34-26-29-45-40(30-34)48-36-17-7-6-14-32(36)24-28-47(48)55(45)50-53-43-21-11-9-19-39(43)49-52-44-22-12-13-23-46(44)56(49)50/h3-31H,1-2H3. The van der Waals surface area contributed by atoms with Gasteiger partial charge in [0.05, 0.1) is 27.6 Å². The van der Waals surface area contributed by atoms with Crippen LogP contribution in [0, 0.1) is 0 Å². The Morgan fingerprint density at radius 1 is 0.464 bits per heavy atom. The lowest BCUT2D eigenvalue weighted by molar-refractivity contribution is 0.660. The molecule has 11 aromatic rings. The van der Waals surface area contributed by atoms with Crippen molar-refractivity contribution in [1.82, 2.24) is 18.9 Å². The van der Waals surface area contributed by atoms with Gasteiger partial charge in [-0.2, -0.15) is 0 Å². The van der Waals surface area contributed by atoms with Gasteiger partial charge < -0.3 is 4.90 Å². The summed E-state index contributed by atoms with van der Waals surface area (Å²) in [5, 5.41) is 5.80. The van der Waals surface area contributed by atoms with Gasteiger partial charge >= 0.3 is 0 Å². The highest BCUT2D eigenvalue weighted by Gasteiger charge is 2.36. The average Bonchev–Trinajstić information content (AvgIpc) is 3.87. The molecule has 12 rings (SSSR count). The van der Waals surface area contributed by atoms with Gasteiger partial charge in [0.15, 0.2) is 0 Å². The van der Waals surface area contributed by atoms with Gasteiger partial charge in [0, 0.05) is 38.6 Å². The third-order valence-electron chi connectivity index (χ3n) is 12.1. The minimum atomic E-state index is -0.115. The van der Waals surface area contributed by atoms with Crippen LogP contribution in [0.1, 0.15) is 25.0 Å². The number of anilines is 3. The number of imidazole rings is 1. The van der Waals surface area contributed by atoms with E-state index in [1.54, 1.807) is 0 Å². The Bertz CT molecular complexity index is 3410. The molecule has 3 heterocycles. The lowest BCUT2D eigenvalue weighted by Crippen LogP contribution is -2.16. The monoisotopic (exact) mass is 717 g/mol. The molecule has 0 atom stereocenters. The molecule has 0 spiro atoms. The van der Waals surface area contributed by atoms with Gasteiger partial charge in [-0.15, -0.1) is 0 Å². The second kappa shape index (κ2) is 11.4. The summed E-state index contributed by atoms with van der Waals surface area (Å²) in [5.41, 5.74) is 14.5. The first kappa shape index (κ1) is 31.1. The number of hydrogen-bond donors (Lipinski definition) is 0. The Kier molecular flexibility index (Phi) is 6.33. The van der Waals surface area contributed by atoms with Gasteiger partial charge in [-0.3, -0.25) is 8.97 Å². The van der Waals surface area contributed by atoms with Crippen LogP contribution in [0.25, 0.3) is 77.2 Å². The van der Waals surface area contributed by atoms with E-state index >= 15 is 0 Å². The highest BCUT2D eigenvalue weighted by molar-refractivity contribution is 6.22. The van der Waals surface area contributed by atoms with Crippen molar-refractivity contribution < 1.29 is 0 Å². The number of fused-ring (bicyclic) bond motifs is 13. The number of rotatable bonds is 4. The van der Waals surface area contributed by atoms with E-state index in [0.717, 1.165) is 67.0 Å². The average molecular weight is 718 g/mol. The molecule has 56 heavy (non-hydrogen) atoms. The molecule has 8 aromatic carbocycles. The van der Waals surface area contributed by atoms with E-state index in [4.69, 9.17) is 9.97 Å². The molecule has 1 aliphatic rings. The maximum absolute atomic E-state index is 5.44. The van der Waals surface area contributed by atoms with Crippen LogP contribution in [0.4, 0.5) is 17.1 Å². The van der Waals surface area contributed by atoms with Gasteiger partial charge in [0.25, 0.3) is 0 Å². The first-order valence-corrected chi connectivity index (χ1v) is 19.3. The molecule has 0 bridgehead atoms. The van der Waals surface area contributed by atoms with Gasteiger partial charge in [-0.1, -0.05) is 117 Å². The molecule has 3 aromatic heterocycles. The molecule has 1 aliphatic carbocycles. The summed E-state index contributed by atoms with van der Waals surface area (Å²) in [4.78, 5) is 13.0. The Balaban J connectivity index is 1.16. The van der Waals surface area contributed by atoms with Gasteiger partial charge in [-0.05, 0) is 106 Å². The Morgan fingerprint density at radius 2 is 1.14 bits per heavy atom. The Morgan fingerprint density at radius 3 is 2.04 bits per heavy atom. The molecular formula is C51H35N5. The molecule has 0 aliphatic heterocycles. The maximum Gasteiger partial charge on any atom is 0.221 e. The van der Waals surface area contributed by atoms with Crippen LogP contribution in [-0.2, 0) is 5.41 Å². The molecule has 0 amide bonds. The Labute approximate surface area is 323 Å². The van der Waals surface area contributed by atoms with E-state index in [1.807, 2.05) is 0 Å². The SMILES string of the molecule is CC1(C)c2ccccc2-c2ccc(N(c3ccccc3)c3ccc4c(c3)c3c5ccccc5ccc3n4-c3nc4ccccc4c4nc5ccccc5n34)cc21. The number of para-hydroxylation sites is 4. The van der Waals surface area contributed by atoms with Crippen LogP contribution >= 0.6 is 0 Å². The van der Waals surface area contributed by atoms with Crippen LogP contribution < -0.4 is 4.90 Å². The fourth-order valence-corrected chi connectivity index (χ4v) is 9.47. The minimum Gasteiger partial charge on any atom is -0.310 e. The van der Waals surface area contributed by atoms with E-state index in [-0.39, 0.29) is 5.41 Å². The molecule has 0 radical (unpaired) electrons. The minimum absolute atomic E-state index is 0.115. The molecule has 0 N–H and O–H groups in total. The van der Waals surface area contributed by atoms with Gasteiger partial charge in [0.2, 0.25) is 5.95 Å². The van der Waals surface area contributed by atoms with Crippen molar-refractivity contribution in [2.24, 2.45) is 0 Å². The lowest BCUT2D eigenvalue weighted by Gasteiger charge is -2.28. The Hall–Kier alpha value is -7.24. The highest BCUT2D eigenvalue weighted by Crippen LogP contribution is 2.51. The number of benzene rings is 8. The predicted octanol–water partition coefficient (Wildman–Crippen LogP) is 13.1. The number of nitrogens with zero attached hydrogens (tertiary/aromatic N) is 5. The van der Waals surface area contributed by atoms with Crippen molar-refractivity contribution in [3.05, 3.63) is 187 Å². The smallest absolute Gasteiger partial charge is 0.221 e. The molecule has 5 heteroatoms. The van der Waals surface area contributed by atoms with E-state index in [0.29, 0.717) is 0 Å². The lowest BCUT2D eigenvalue weighted by atomic mass is 9.82. The molecule has 5 nitrogen and oxygen atoms in total. The number of hydrogen-bond acceptors (Lipinski definition) is 3. The van der Waals surface area contributed by atoms with Gasteiger partial charge in [0.1, 0.15) is 5.65 Å². The summed E-state index contributed by atoms with van der Waals surface area (Å²) in [6.07, 6.45) is 0. The van der Waals surface area contributed by atoms with Crippen LogP contribution in [0.2, 0.25) is 0 Å². The maximum atomic E-state index is 5.44. The van der Waals surface area contributed by atoms with Crippen LogP contribution in [0.5, 0.6) is 0 Å². The summed E-state index contributed by atoms with van der Waals surface area (Å²) >= 11 is 0. The predicted molar refractivity (Wildman–Crippen MR) is 232 cm³/mol. The van der Waals surface area contributed by atoms with Crippen molar-refractivity contribution in [1.29, 1.82) is 0 Å². The molecule has 0 saturated carbocycles. The number of aromatic nitrogens is 4. The highest BCUT2D eigenvalue weighted by atomic mass is 15.2. The first-order chi connectivity index (χ1) is 27.5. The van der Waals surface area contributed by atoms with Crippen molar-refractivity contribution >= 4 is 77.2 Å². The quantitative estimate of drug-likeness (QED) is 0.182. The first-order valence-electron chi connectivity index (χ1n) is 19.3. The zero-order valence-electron chi connectivity index (χ0n) is 31.0. The summed E-state index contributed by atoms with van der Waals surface area (Å²) in [7, 11) is 0. The van der Waals surface area contributed by atoms with Crippen LogP contribution in [0.3, 0.4) is 0 Å². The van der Waals surface area contributed by atoms with Crippen LogP contribution in [-0.4, -0.2) is 18.9 Å². The van der Waals surface area contributed by atoms with Crippen LogP contribution in [0.15, 0.2) is 176 Å². The summed E-state index contributed by atoms with van der Waals surface area (Å²) in [6, 6.07) is 63.4. The van der Waals surface area contributed by atoms with E-state index in [2.05, 4.69) is 204 Å². The summed E-state index contributed by atoms with van der Waals surface area (Å²) in [6.45, 7) is 4.70. The molecule has 264 valence electrons. The van der Waals surface area contributed by atoms with E-state index in [1.165, 1.54) is 38.4 Å². The second-order valence-corrected chi connectivity index (χ2v) is 15.5. The van der Waals surface area contributed by atoms with Crippen molar-refractivity contribution in [2.45, 2.75) is 19.3 Å². The fourth-order valence-electron chi connectivity index (χ4n) is 9.47. The molecule has 0 unspecified atom stereocenters. The van der Waals surface area contributed by atoms with Crippen molar-refractivity contribution in [3.8, 4) is 17.1 Å². The second-order valence-electron chi connectivity index (χ2n) is 15.5. The molecule has 0 saturated heterocycles. The van der Waals surface area contributed by atoms with E-state index < -0.39 is 0 Å². The zero-order chi connectivity index (χ0) is 37.1. The fraction of sp³-hybridized carbons (Fsp3) is 0.0588. The summed E-state index contributed by atoms with van der Waals surface area (Å²) < 4.78 is 4.58. The van der Waals surface area contributed by atoms with E-state index in [9.17, 15) is 0 Å². The molecule has 0 fully saturated rings. The molecular weight excluding hydrogens is 683 g/mol.